The van der Waals surface area contributed by atoms with Crippen molar-refractivity contribution in [1.29, 1.82) is 0 Å². The van der Waals surface area contributed by atoms with Crippen LogP contribution in [0.5, 0.6) is 0 Å². The topological polar surface area (TPSA) is 52.3 Å². The summed E-state index contributed by atoms with van der Waals surface area (Å²) in [7, 11) is -1.28. The standard InChI is InChI=1S/C12H23NO2S/c1-4-10(9-12(2,3)16(13)14)11-7-5-6-8-15-11/h6,8,10-11H,4-5,7,9,13H2,1-3H3/t10-,11+,16?/m1/s1. The summed E-state index contributed by atoms with van der Waals surface area (Å²) >= 11 is 0. The van der Waals surface area contributed by atoms with Crippen LogP contribution in [0.3, 0.4) is 0 Å². The summed E-state index contributed by atoms with van der Waals surface area (Å²) in [5, 5.41) is 5.52. The van der Waals surface area contributed by atoms with Gasteiger partial charge in [-0.2, -0.15) is 0 Å². The highest BCUT2D eigenvalue weighted by molar-refractivity contribution is 7.84. The number of hydrogen-bond donors (Lipinski definition) is 1. The number of allylic oxidation sites excluding steroid dienone is 1. The van der Waals surface area contributed by atoms with Crippen molar-refractivity contribution in [3.05, 3.63) is 12.3 Å². The molecule has 0 aromatic heterocycles. The molecule has 16 heavy (non-hydrogen) atoms. The lowest BCUT2D eigenvalue weighted by molar-refractivity contribution is 0.0589. The largest absolute Gasteiger partial charge is 0.498 e. The van der Waals surface area contributed by atoms with Crippen molar-refractivity contribution < 1.29 is 8.95 Å². The van der Waals surface area contributed by atoms with Gasteiger partial charge in [-0.05, 0) is 51.5 Å². The van der Waals surface area contributed by atoms with Crippen molar-refractivity contribution in [1.82, 2.24) is 0 Å². The molecule has 0 saturated carbocycles. The Balaban J connectivity index is 2.61. The van der Waals surface area contributed by atoms with Gasteiger partial charge in [0.1, 0.15) is 6.10 Å². The molecule has 94 valence electrons. The Morgan fingerprint density at radius 3 is 2.75 bits per heavy atom. The zero-order valence-electron chi connectivity index (χ0n) is 10.4. The first-order valence-corrected chi connectivity index (χ1v) is 7.15. The van der Waals surface area contributed by atoms with Gasteiger partial charge in [-0.25, -0.2) is 4.21 Å². The maximum atomic E-state index is 11.4. The van der Waals surface area contributed by atoms with Gasteiger partial charge in [-0.15, -0.1) is 0 Å². The van der Waals surface area contributed by atoms with Gasteiger partial charge in [0.2, 0.25) is 0 Å². The van der Waals surface area contributed by atoms with Crippen molar-refractivity contribution >= 4 is 11.0 Å². The van der Waals surface area contributed by atoms with Crippen LogP contribution in [-0.2, 0) is 15.7 Å². The number of rotatable bonds is 5. The molecule has 0 aromatic carbocycles. The SMILES string of the molecule is CC[C@H](CC(C)(C)S(N)=O)[C@@H]1CCC=CO1. The van der Waals surface area contributed by atoms with Crippen LogP contribution in [0.1, 0.15) is 46.5 Å². The van der Waals surface area contributed by atoms with Crippen LogP contribution in [0.25, 0.3) is 0 Å². The summed E-state index contributed by atoms with van der Waals surface area (Å²) in [5.74, 6) is 0.437. The monoisotopic (exact) mass is 245 g/mol. The highest BCUT2D eigenvalue weighted by Crippen LogP contribution is 2.30. The summed E-state index contributed by atoms with van der Waals surface area (Å²) in [6.07, 6.45) is 8.14. The maximum Gasteiger partial charge on any atom is 0.101 e. The van der Waals surface area contributed by atoms with Crippen LogP contribution >= 0.6 is 0 Å². The van der Waals surface area contributed by atoms with Crippen molar-refractivity contribution in [2.45, 2.75) is 57.3 Å². The summed E-state index contributed by atoms with van der Waals surface area (Å²) in [5.41, 5.74) is 0. The summed E-state index contributed by atoms with van der Waals surface area (Å²) in [6, 6.07) is 0. The molecule has 4 heteroatoms. The first-order chi connectivity index (χ1) is 7.47. The Labute approximate surface area is 101 Å². The number of ether oxygens (including phenoxy) is 1. The lowest BCUT2D eigenvalue weighted by Gasteiger charge is -2.32. The number of hydrogen-bond acceptors (Lipinski definition) is 2. The lowest BCUT2D eigenvalue weighted by atomic mass is 9.87. The predicted molar refractivity (Wildman–Crippen MR) is 68.1 cm³/mol. The van der Waals surface area contributed by atoms with Crippen LogP contribution in [0, 0.1) is 5.92 Å². The first kappa shape index (κ1) is 13.7. The van der Waals surface area contributed by atoms with Crippen molar-refractivity contribution in [3.8, 4) is 0 Å². The van der Waals surface area contributed by atoms with E-state index in [1.54, 1.807) is 6.26 Å². The second kappa shape index (κ2) is 5.82. The molecule has 1 aliphatic rings. The molecule has 2 N–H and O–H groups in total. The average Bonchev–Trinajstić information content (AvgIpc) is 2.27. The second-order valence-corrected chi connectivity index (χ2v) is 6.75. The van der Waals surface area contributed by atoms with E-state index in [0.717, 1.165) is 25.7 Å². The Kier molecular flexibility index (Phi) is 4.99. The molecule has 0 radical (unpaired) electrons. The maximum absolute atomic E-state index is 11.4. The molecule has 0 aromatic rings. The van der Waals surface area contributed by atoms with Gasteiger partial charge in [-0.1, -0.05) is 6.92 Å². The van der Waals surface area contributed by atoms with E-state index in [4.69, 9.17) is 9.88 Å². The molecule has 0 aliphatic carbocycles. The Hall–Kier alpha value is -0.350. The molecule has 0 spiro atoms. The molecular formula is C12H23NO2S. The normalized spacial score (nSPS) is 24.9. The van der Waals surface area contributed by atoms with Crippen molar-refractivity contribution in [3.63, 3.8) is 0 Å². The second-order valence-electron chi connectivity index (χ2n) is 5.05. The molecule has 0 saturated heterocycles. The minimum atomic E-state index is -1.28. The quantitative estimate of drug-likeness (QED) is 0.809. The summed E-state index contributed by atoms with van der Waals surface area (Å²) in [6.45, 7) is 6.08. The van der Waals surface area contributed by atoms with Crippen LogP contribution in [0.15, 0.2) is 12.3 Å². The number of nitrogens with two attached hydrogens (primary N) is 1. The fraction of sp³-hybridized carbons (Fsp3) is 0.833. The molecule has 1 rings (SSSR count). The third-order valence-corrected chi connectivity index (χ3v) is 4.57. The predicted octanol–water partition coefficient (Wildman–Crippen LogP) is 2.50. The average molecular weight is 245 g/mol. The zero-order valence-corrected chi connectivity index (χ0v) is 11.3. The summed E-state index contributed by atoms with van der Waals surface area (Å²) < 4.78 is 16.7. The molecule has 1 aliphatic heterocycles. The highest BCUT2D eigenvalue weighted by Gasteiger charge is 2.32. The fourth-order valence-electron chi connectivity index (χ4n) is 2.15. The van der Waals surface area contributed by atoms with Gasteiger partial charge in [0, 0.05) is 0 Å². The zero-order chi connectivity index (χ0) is 12.2. The lowest BCUT2D eigenvalue weighted by Crippen LogP contribution is -2.37. The van der Waals surface area contributed by atoms with E-state index in [0.29, 0.717) is 5.92 Å². The van der Waals surface area contributed by atoms with Crippen molar-refractivity contribution in [2.24, 2.45) is 11.1 Å². The van der Waals surface area contributed by atoms with Crippen LogP contribution in [0.4, 0.5) is 0 Å². The Bertz CT molecular complexity index is 276. The Morgan fingerprint density at radius 2 is 2.31 bits per heavy atom. The van der Waals surface area contributed by atoms with Gasteiger partial charge in [-0.3, -0.25) is 5.14 Å². The van der Waals surface area contributed by atoms with Gasteiger partial charge in [0.05, 0.1) is 22.0 Å². The van der Waals surface area contributed by atoms with E-state index in [-0.39, 0.29) is 10.9 Å². The molecule has 1 unspecified atom stereocenters. The van der Waals surface area contributed by atoms with E-state index in [2.05, 4.69) is 13.0 Å². The van der Waals surface area contributed by atoms with Crippen LogP contribution in [-0.4, -0.2) is 15.1 Å². The van der Waals surface area contributed by atoms with E-state index >= 15 is 0 Å². The van der Waals surface area contributed by atoms with Gasteiger partial charge in [0.15, 0.2) is 0 Å². The van der Waals surface area contributed by atoms with Crippen molar-refractivity contribution in [2.75, 3.05) is 0 Å². The molecule has 1 heterocycles. The first-order valence-electron chi connectivity index (χ1n) is 5.94. The van der Waals surface area contributed by atoms with E-state index in [9.17, 15) is 4.21 Å². The van der Waals surface area contributed by atoms with Gasteiger partial charge >= 0.3 is 0 Å². The van der Waals surface area contributed by atoms with Gasteiger partial charge < -0.3 is 4.74 Å². The molecule has 0 amide bonds. The Morgan fingerprint density at radius 1 is 1.62 bits per heavy atom. The van der Waals surface area contributed by atoms with Gasteiger partial charge in [0.25, 0.3) is 0 Å². The summed E-state index contributed by atoms with van der Waals surface area (Å²) in [4.78, 5) is 0. The van der Waals surface area contributed by atoms with E-state index < -0.39 is 11.0 Å². The minimum Gasteiger partial charge on any atom is -0.498 e. The minimum absolute atomic E-state index is 0.262. The smallest absolute Gasteiger partial charge is 0.101 e. The molecule has 0 fully saturated rings. The highest BCUT2D eigenvalue weighted by atomic mass is 32.2. The molecule has 3 nitrogen and oxygen atoms in total. The third kappa shape index (κ3) is 3.59. The third-order valence-electron chi connectivity index (χ3n) is 3.32. The van der Waals surface area contributed by atoms with E-state index in [1.807, 2.05) is 13.8 Å². The molecular weight excluding hydrogens is 222 g/mol. The fourth-order valence-corrected chi connectivity index (χ4v) is 2.53. The molecule has 3 atom stereocenters. The van der Waals surface area contributed by atoms with E-state index in [1.165, 1.54) is 0 Å². The van der Waals surface area contributed by atoms with Crippen LogP contribution < -0.4 is 5.14 Å². The molecule has 0 bridgehead atoms. The van der Waals surface area contributed by atoms with Crippen LogP contribution in [0.2, 0.25) is 0 Å².